The van der Waals surface area contributed by atoms with Gasteiger partial charge in [0.05, 0.1) is 0 Å². The zero-order valence-electron chi connectivity index (χ0n) is 13.1. The van der Waals surface area contributed by atoms with Crippen molar-refractivity contribution in [3.63, 3.8) is 0 Å². The average molecular weight is 309 g/mol. The highest BCUT2D eigenvalue weighted by Gasteiger charge is 2.28. The second kappa shape index (κ2) is 7.66. The Bertz CT molecular complexity index is 485. The summed E-state index contributed by atoms with van der Waals surface area (Å²) in [6, 6.07) is 9.14. The highest BCUT2D eigenvalue weighted by atomic mass is 35.5. The van der Waals surface area contributed by atoms with E-state index in [0.717, 1.165) is 29.1 Å². The van der Waals surface area contributed by atoms with E-state index in [1.807, 2.05) is 18.2 Å². The molecule has 0 aromatic heterocycles. The molecule has 21 heavy (non-hydrogen) atoms. The fourth-order valence-electron chi connectivity index (χ4n) is 2.28. The van der Waals surface area contributed by atoms with E-state index in [2.05, 4.69) is 40.6 Å². The zero-order chi connectivity index (χ0) is 15.2. The number of hydrogen-bond donors (Lipinski definition) is 2. The van der Waals surface area contributed by atoms with Crippen molar-refractivity contribution in [2.24, 2.45) is 4.99 Å². The molecule has 1 aliphatic carbocycles. The molecule has 0 amide bonds. The molecule has 0 bridgehead atoms. The lowest BCUT2D eigenvalue weighted by molar-refractivity contribution is 0.247. The molecule has 0 aliphatic heterocycles. The van der Waals surface area contributed by atoms with Crippen LogP contribution in [0.2, 0.25) is 5.02 Å². The van der Waals surface area contributed by atoms with Crippen LogP contribution in [0.4, 0.5) is 0 Å². The number of nitrogens with one attached hydrogen (secondary N) is 2. The Hall–Kier alpha value is -1.26. The first-order valence-electron chi connectivity index (χ1n) is 7.51. The molecule has 1 aliphatic rings. The molecular weight excluding hydrogens is 284 g/mol. The summed E-state index contributed by atoms with van der Waals surface area (Å²) in [4.78, 5) is 6.70. The second-order valence-electron chi connectivity index (χ2n) is 5.68. The number of aliphatic imine (C=N–C) groups is 1. The van der Waals surface area contributed by atoms with Crippen LogP contribution in [0.3, 0.4) is 0 Å². The minimum absolute atomic E-state index is 0.502. The first kappa shape index (κ1) is 16.1. The SMILES string of the molecule is CN=C(NCc1cccc(Cl)c1)NCC(C)N(C)C1CC1. The van der Waals surface area contributed by atoms with Gasteiger partial charge in [-0.3, -0.25) is 9.89 Å². The number of benzene rings is 1. The van der Waals surface area contributed by atoms with Crippen LogP contribution in [0.15, 0.2) is 29.3 Å². The van der Waals surface area contributed by atoms with Crippen LogP contribution in [-0.4, -0.2) is 43.6 Å². The molecule has 1 fully saturated rings. The topological polar surface area (TPSA) is 39.7 Å². The predicted octanol–water partition coefficient (Wildman–Crippen LogP) is 2.49. The number of rotatable bonds is 6. The fourth-order valence-corrected chi connectivity index (χ4v) is 2.50. The summed E-state index contributed by atoms with van der Waals surface area (Å²) in [5, 5.41) is 7.46. The van der Waals surface area contributed by atoms with Gasteiger partial charge in [0.15, 0.2) is 5.96 Å². The molecule has 1 unspecified atom stereocenters. The Morgan fingerprint density at radius 3 is 2.81 bits per heavy atom. The number of likely N-dealkylation sites (N-methyl/N-ethyl adjacent to an activating group) is 1. The second-order valence-corrected chi connectivity index (χ2v) is 6.12. The van der Waals surface area contributed by atoms with Crippen molar-refractivity contribution in [3.8, 4) is 0 Å². The molecule has 1 atom stereocenters. The minimum Gasteiger partial charge on any atom is -0.355 e. The molecule has 116 valence electrons. The first-order valence-corrected chi connectivity index (χ1v) is 7.89. The third-order valence-electron chi connectivity index (χ3n) is 3.96. The van der Waals surface area contributed by atoms with Crippen molar-refractivity contribution in [3.05, 3.63) is 34.9 Å². The molecule has 2 N–H and O–H groups in total. The predicted molar refractivity (Wildman–Crippen MR) is 89.9 cm³/mol. The fraction of sp³-hybridized carbons (Fsp3) is 0.562. The van der Waals surface area contributed by atoms with Crippen molar-refractivity contribution in [1.82, 2.24) is 15.5 Å². The third kappa shape index (κ3) is 5.21. The van der Waals surface area contributed by atoms with Gasteiger partial charge in [0, 0.05) is 37.2 Å². The lowest BCUT2D eigenvalue weighted by Gasteiger charge is -2.25. The molecule has 4 nitrogen and oxygen atoms in total. The molecular formula is C16H25ClN4. The lowest BCUT2D eigenvalue weighted by atomic mass is 10.2. The molecule has 2 rings (SSSR count). The number of hydrogen-bond acceptors (Lipinski definition) is 2. The van der Waals surface area contributed by atoms with Gasteiger partial charge in [-0.25, -0.2) is 0 Å². The van der Waals surface area contributed by atoms with Gasteiger partial charge in [0.25, 0.3) is 0 Å². The largest absolute Gasteiger partial charge is 0.355 e. The molecule has 0 heterocycles. The van der Waals surface area contributed by atoms with Gasteiger partial charge in [-0.1, -0.05) is 23.7 Å². The average Bonchev–Trinajstić information content (AvgIpc) is 3.31. The Morgan fingerprint density at radius 2 is 2.19 bits per heavy atom. The maximum atomic E-state index is 5.99. The maximum absolute atomic E-state index is 5.99. The van der Waals surface area contributed by atoms with Gasteiger partial charge in [0.2, 0.25) is 0 Å². The molecule has 0 radical (unpaired) electrons. The van der Waals surface area contributed by atoms with Crippen molar-refractivity contribution < 1.29 is 0 Å². The summed E-state index contributed by atoms with van der Waals surface area (Å²) in [5.74, 6) is 0.825. The molecule has 1 saturated carbocycles. The number of guanidine groups is 1. The summed E-state index contributed by atoms with van der Waals surface area (Å²) in [7, 11) is 3.99. The normalized spacial score (nSPS) is 16.9. The Labute approximate surface area is 132 Å². The highest BCUT2D eigenvalue weighted by molar-refractivity contribution is 6.30. The van der Waals surface area contributed by atoms with Gasteiger partial charge in [0.1, 0.15) is 0 Å². The van der Waals surface area contributed by atoms with Crippen LogP contribution in [0.5, 0.6) is 0 Å². The van der Waals surface area contributed by atoms with Crippen molar-refractivity contribution in [2.75, 3.05) is 20.6 Å². The van der Waals surface area contributed by atoms with E-state index < -0.39 is 0 Å². The van der Waals surface area contributed by atoms with Crippen molar-refractivity contribution in [2.45, 2.75) is 38.4 Å². The van der Waals surface area contributed by atoms with Gasteiger partial charge in [-0.05, 0) is 44.5 Å². The van der Waals surface area contributed by atoms with Crippen LogP contribution in [0, 0.1) is 0 Å². The summed E-state index contributed by atoms with van der Waals surface area (Å²) < 4.78 is 0. The summed E-state index contributed by atoms with van der Waals surface area (Å²) >= 11 is 5.99. The first-order chi connectivity index (χ1) is 10.1. The van der Waals surface area contributed by atoms with E-state index in [0.29, 0.717) is 12.6 Å². The monoisotopic (exact) mass is 308 g/mol. The van der Waals surface area contributed by atoms with E-state index >= 15 is 0 Å². The van der Waals surface area contributed by atoms with Gasteiger partial charge >= 0.3 is 0 Å². The van der Waals surface area contributed by atoms with Gasteiger partial charge in [-0.15, -0.1) is 0 Å². The van der Waals surface area contributed by atoms with Crippen LogP contribution >= 0.6 is 11.6 Å². The highest BCUT2D eigenvalue weighted by Crippen LogP contribution is 2.26. The maximum Gasteiger partial charge on any atom is 0.191 e. The molecule has 0 saturated heterocycles. The Morgan fingerprint density at radius 1 is 1.43 bits per heavy atom. The van der Waals surface area contributed by atoms with E-state index in [1.54, 1.807) is 7.05 Å². The summed E-state index contributed by atoms with van der Waals surface area (Å²) in [5.41, 5.74) is 1.15. The smallest absolute Gasteiger partial charge is 0.191 e. The zero-order valence-corrected chi connectivity index (χ0v) is 13.8. The Kier molecular flexibility index (Phi) is 5.88. The van der Waals surface area contributed by atoms with E-state index in [4.69, 9.17) is 11.6 Å². The van der Waals surface area contributed by atoms with E-state index in [9.17, 15) is 0 Å². The van der Waals surface area contributed by atoms with E-state index in [1.165, 1.54) is 12.8 Å². The number of halogens is 1. The molecule has 0 spiro atoms. The molecule has 1 aromatic rings. The number of nitrogens with zero attached hydrogens (tertiary/aromatic N) is 2. The van der Waals surface area contributed by atoms with Crippen LogP contribution in [0.1, 0.15) is 25.3 Å². The molecule has 5 heteroatoms. The van der Waals surface area contributed by atoms with Crippen molar-refractivity contribution in [1.29, 1.82) is 0 Å². The van der Waals surface area contributed by atoms with E-state index in [-0.39, 0.29) is 0 Å². The summed E-state index contributed by atoms with van der Waals surface area (Å²) in [6.45, 7) is 3.85. The minimum atomic E-state index is 0.502. The third-order valence-corrected chi connectivity index (χ3v) is 4.19. The standard InChI is InChI=1S/C16H25ClN4/c1-12(21(3)15-7-8-15)10-19-16(18-2)20-11-13-5-4-6-14(17)9-13/h4-6,9,12,15H,7-8,10-11H2,1-3H3,(H2,18,19,20). The molecule has 1 aromatic carbocycles. The quantitative estimate of drug-likeness (QED) is 0.626. The van der Waals surface area contributed by atoms with Crippen LogP contribution in [-0.2, 0) is 6.54 Å². The Balaban J connectivity index is 1.75. The van der Waals surface area contributed by atoms with Crippen molar-refractivity contribution >= 4 is 17.6 Å². The van der Waals surface area contributed by atoms with Gasteiger partial charge in [-0.2, -0.15) is 0 Å². The lowest BCUT2D eigenvalue weighted by Crippen LogP contribution is -2.45. The summed E-state index contributed by atoms with van der Waals surface area (Å²) in [6.07, 6.45) is 2.67. The van der Waals surface area contributed by atoms with Crippen LogP contribution < -0.4 is 10.6 Å². The van der Waals surface area contributed by atoms with Gasteiger partial charge < -0.3 is 10.6 Å². The van der Waals surface area contributed by atoms with Crippen LogP contribution in [0.25, 0.3) is 0 Å².